The Balaban J connectivity index is 4.29. The molecular weight excluding hydrogens is 853 g/mol. The lowest BCUT2D eigenvalue weighted by Crippen LogP contribution is -2.30. The molecule has 0 spiro atoms. The van der Waals surface area contributed by atoms with Crippen LogP contribution < -0.4 is 0 Å². The molecule has 0 bridgehead atoms. The van der Waals surface area contributed by atoms with Crippen molar-refractivity contribution in [3.8, 4) is 0 Å². The molecule has 69 heavy (non-hydrogen) atoms. The molecule has 0 aromatic rings. The van der Waals surface area contributed by atoms with Gasteiger partial charge in [0.2, 0.25) is 0 Å². The fraction of sp³-hybridized carbons (Fsp3) is 0.952. The fourth-order valence-electron chi connectivity index (χ4n) is 9.78. The summed E-state index contributed by atoms with van der Waals surface area (Å²) < 4.78 is 17.0. The highest BCUT2D eigenvalue weighted by Crippen LogP contribution is 2.19. The summed E-state index contributed by atoms with van der Waals surface area (Å²) in [4.78, 5) is 38.3. The third-order valence-electron chi connectivity index (χ3n) is 14.9. The van der Waals surface area contributed by atoms with Crippen LogP contribution in [0.4, 0.5) is 0 Å². The number of hydrogen-bond acceptors (Lipinski definition) is 6. The van der Waals surface area contributed by atoms with E-state index in [4.69, 9.17) is 14.2 Å². The third-order valence-corrected chi connectivity index (χ3v) is 14.9. The van der Waals surface area contributed by atoms with Crippen LogP contribution in [0.3, 0.4) is 0 Å². The van der Waals surface area contributed by atoms with Gasteiger partial charge in [0.1, 0.15) is 13.2 Å². The number of ether oxygens (including phenoxy) is 3. The summed E-state index contributed by atoms with van der Waals surface area (Å²) in [7, 11) is 0. The standard InChI is InChI=1S/C63H122O6/c1-5-8-10-12-14-16-18-20-22-24-26-30-34-38-42-46-50-54-61(64)67-57-60(69-63(66)56-52-48-44-40-36-32-25-23-21-19-17-15-13-11-9-6-2)58-68-62(65)55-51-47-43-39-35-31-28-27-29-33-37-41-45-49-53-59(4)7-3/h59-60H,5-58H2,1-4H3/t59?,60-/m1/s1. The molecule has 0 N–H and O–H groups in total. The van der Waals surface area contributed by atoms with E-state index in [1.807, 2.05) is 0 Å². The molecule has 0 aliphatic carbocycles. The molecule has 0 saturated carbocycles. The van der Waals surface area contributed by atoms with E-state index in [1.54, 1.807) is 0 Å². The van der Waals surface area contributed by atoms with Crippen molar-refractivity contribution >= 4 is 17.9 Å². The smallest absolute Gasteiger partial charge is 0.306 e. The van der Waals surface area contributed by atoms with Crippen molar-refractivity contribution in [1.82, 2.24) is 0 Å². The zero-order valence-electron chi connectivity index (χ0n) is 47.3. The van der Waals surface area contributed by atoms with Crippen LogP contribution in [0.2, 0.25) is 0 Å². The number of carbonyl (C=O) groups excluding carboxylic acids is 3. The van der Waals surface area contributed by atoms with Gasteiger partial charge in [-0.2, -0.15) is 0 Å². The first-order chi connectivity index (χ1) is 33.9. The maximum Gasteiger partial charge on any atom is 0.306 e. The summed E-state index contributed by atoms with van der Waals surface area (Å²) in [6.45, 7) is 9.12. The monoisotopic (exact) mass is 975 g/mol. The van der Waals surface area contributed by atoms with E-state index in [1.165, 1.54) is 257 Å². The van der Waals surface area contributed by atoms with E-state index in [0.29, 0.717) is 19.3 Å². The van der Waals surface area contributed by atoms with Gasteiger partial charge >= 0.3 is 17.9 Å². The van der Waals surface area contributed by atoms with Crippen LogP contribution >= 0.6 is 0 Å². The molecule has 6 heteroatoms. The van der Waals surface area contributed by atoms with Gasteiger partial charge < -0.3 is 14.2 Å². The molecule has 0 aromatic heterocycles. The molecule has 0 aliphatic heterocycles. The normalized spacial score (nSPS) is 12.3. The van der Waals surface area contributed by atoms with E-state index < -0.39 is 6.10 Å². The highest BCUT2D eigenvalue weighted by atomic mass is 16.6. The maximum atomic E-state index is 12.9. The van der Waals surface area contributed by atoms with Crippen LogP contribution in [0.25, 0.3) is 0 Å². The number of hydrogen-bond donors (Lipinski definition) is 0. The Hall–Kier alpha value is -1.59. The molecule has 0 aromatic carbocycles. The van der Waals surface area contributed by atoms with Crippen molar-refractivity contribution in [2.24, 2.45) is 5.92 Å². The lowest BCUT2D eigenvalue weighted by molar-refractivity contribution is -0.167. The van der Waals surface area contributed by atoms with Gasteiger partial charge in [-0.1, -0.05) is 323 Å². The summed E-state index contributed by atoms with van der Waals surface area (Å²) in [6.07, 6.45) is 63.8. The highest BCUT2D eigenvalue weighted by molar-refractivity contribution is 5.71. The van der Waals surface area contributed by atoms with E-state index in [2.05, 4.69) is 27.7 Å². The van der Waals surface area contributed by atoms with Crippen LogP contribution in [0.1, 0.15) is 362 Å². The minimum atomic E-state index is -0.763. The average Bonchev–Trinajstić information content (AvgIpc) is 3.35. The van der Waals surface area contributed by atoms with Crippen LogP contribution in [0.5, 0.6) is 0 Å². The fourth-order valence-corrected chi connectivity index (χ4v) is 9.78. The summed E-state index contributed by atoms with van der Waals surface area (Å²) in [5.74, 6) is 0.0674. The van der Waals surface area contributed by atoms with Crippen molar-refractivity contribution in [1.29, 1.82) is 0 Å². The SMILES string of the molecule is CCCCCCCCCCCCCCCCCCCC(=O)OC[C@H](COC(=O)CCCCCCCCCCCCCCCCC(C)CC)OC(=O)CCCCCCCCCCCCCCCCCC. The summed E-state index contributed by atoms with van der Waals surface area (Å²) >= 11 is 0. The molecule has 0 amide bonds. The van der Waals surface area contributed by atoms with Gasteiger partial charge in [0.15, 0.2) is 6.10 Å². The van der Waals surface area contributed by atoms with Gasteiger partial charge in [0.25, 0.3) is 0 Å². The van der Waals surface area contributed by atoms with Gasteiger partial charge in [-0.3, -0.25) is 14.4 Å². The molecule has 1 unspecified atom stereocenters. The summed E-state index contributed by atoms with van der Waals surface area (Å²) in [6, 6.07) is 0. The van der Waals surface area contributed by atoms with Gasteiger partial charge in [-0.05, 0) is 25.2 Å². The third kappa shape index (κ3) is 55.6. The van der Waals surface area contributed by atoms with Crippen molar-refractivity contribution in [2.75, 3.05) is 13.2 Å². The molecule has 410 valence electrons. The van der Waals surface area contributed by atoms with Gasteiger partial charge in [0.05, 0.1) is 0 Å². The Morgan fingerprint density at radius 2 is 0.507 bits per heavy atom. The maximum absolute atomic E-state index is 12.9. The van der Waals surface area contributed by atoms with Crippen molar-refractivity contribution in [3.63, 3.8) is 0 Å². The average molecular weight is 976 g/mol. The van der Waals surface area contributed by atoms with Crippen LogP contribution in [0, 0.1) is 5.92 Å². The molecule has 0 radical (unpaired) electrons. The van der Waals surface area contributed by atoms with Crippen molar-refractivity contribution < 1.29 is 28.6 Å². The van der Waals surface area contributed by atoms with Crippen molar-refractivity contribution in [3.05, 3.63) is 0 Å². The molecular formula is C63H122O6. The molecule has 0 saturated heterocycles. The van der Waals surface area contributed by atoms with Gasteiger partial charge in [0, 0.05) is 19.3 Å². The largest absolute Gasteiger partial charge is 0.462 e. The predicted molar refractivity (Wildman–Crippen MR) is 298 cm³/mol. The molecule has 0 rings (SSSR count). The zero-order valence-corrected chi connectivity index (χ0v) is 47.3. The minimum absolute atomic E-state index is 0.0612. The molecule has 0 aliphatic rings. The topological polar surface area (TPSA) is 78.9 Å². The van der Waals surface area contributed by atoms with Crippen molar-refractivity contribution in [2.45, 2.75) is 368 Å². The second-order valence-corrected chi connectivity index (χ2v) is 21.9. The number of unbranched alkanes of at least 4 members (excludes halogenated alkanes) is 44. The van der Waals surface area contributed by atoms with E-state index in [0.717, 1.165) is 63.7 Å². The quantitative estimate of drug-likeness (QED) is 0.0343. The van der Waals surface area contributed by atoms with Crippen LogP contribution in [-0.4, -0.2) is 37.2 Å². The van der Waals surface area contributed by atoms with E-state index >= 15 is 0 Å². The Bertz CT molecular complexity index is 1040. The second-order valence-electron chi connectivity index (χ2n) is 21.9. The summed E-state index contributed by atoms with van der Waals surface area (Å²) in [5, 5.41) is 0. The van der Waals surface area contributed by atoms with Gasteiger partial charge in [-0.25, -0.2) is 0 Å². The van der Waals surface area contributed by atoms with E-state index in [-0.39, 0.29) is 31.1 Å². The molecule has 6 nitrogen and oxygen atoms in total. The van der Waals surface area contributed by atoms with Gasteiger partial charge in [-0.15, -0.1) is 0 Å². The molecule has 0 heterocycles. The number of rotatable bonds is 58. The first kappa shape index (κ1) is 67.4. The van der Waals surface area contributed by atoms with Crippen LogP contribution in [-0.2, 0) is 28.6 Å². The van der Waals surface area contributed by atoms with Crippen LogP contribution in [0.15, 0.2) is 0 Å². The number of carbonyl (C=O) groups is 3. The predicted octanol–water partition coefficient (Wildman–Crippen LogP) is 21.0. The lowest BCUT2D eigenvalue weighted by Gasteiger charge is -2.18. The minimum Gasteiger partial charge on any atom is -0.462 e. The molecule has 2 atom stereocenters. The highest BCUT2D eigenvalue weighted by Gasteiger charge is 2.19. The van der Waals surface area contributed by atoms with E-state index in [9.17, 15) is 14.4 Å². The first-order valence-corrected chi connectivity index (χ1v) is 31.4. The lowest BCUT2D eigenvalue weighted by atomic mass is 9.99. The second kappa shape index (κ2) is 57.3. The molecule has 0 fully saturated rings. The Kier molecular flexibility index (Phi) is 56.0. The number of esters is 3. The zero-order chi connectivity index (χ0) is 50.2. The Morgan fingerprint density at radius 3 is 0.754 bits per heavy atom. The summed E-state index contributed by atoms with van der Waals surface area (Å²) in [5.41, 5.74) is 0. The Labute approximate surface area is 431 Å². The first-order valence-electron chi connectivity index (χ1n) is 31.4. The Morgan fingerprint density at radius 1 is 0.290 bits per heavy atom.